The van der Waals surface area contributed by atoms with Crippen molar-refractivity contribution in [1.29, 1.82) is 0 Å². The van der Waals surface area contributed by atoms with E-state index in [1.54, 1.807) is 14.2 Å². The molecule has 1 aromatic heterocycles. The molecular weight excluding hydrogens is 366 g/mol. The molecule has 0 bridgehead atoms. The summed E-state index contributed by atoms with van der Waals surface area (Å²) in [5.74, 6) is 1.85. The molecule has 3 aromatic rings. The van der Waals surface area contributed by atoms with Gasteiger partial charge in [-0.1, -0.05) is 30.3 Å². The van der Waals surface area contributed by atoms with E-state index < -0.39 is 0 Å². The second-order valence-electron chi connectivity index (χ2n) is 4.53. The first kappa shape index (κ1) is 15.1. The van der Waals surface area contributed by atoms with E-state index in [0.29, 0.717) is 23.9 Å². The van der Waals surface area contributed by atoms with E-state index in [2.05, 4.69) is 20.9 Å². The highest BCUT2D eigenvalue weighted by Crippen LogP contribution is 2.46. The first-order chi connectivity index (χ1) is 10.7. The zero-order valence-electron chi connectivity index (χ0n) is 12.1. The number of nitrogens with zero attached hydrogens (tertiary/aromatic N) is 1. The Morgan fingerprint density at radius 2 is 1.86 bits per heavy atom. The van der Waals surface area contributed by atoms with Crippen LogP contribution in [-0.2, 0) is 6.61 Å². The van der Waals surface area contributed by atoms with Gasteiger partial charge >= 0.3 is 0 Å². The van der Waals surface area contributed by atoms with Gasteiger partial charge in [-0.05, 0) is 21.5 Å². The van der Waals surface area contributed by atoms with Crippen molar-refractivity contribution in [2.75, 3.05) is 14.2 Å². The van der Waals surface area contributed by atoms with Crippen molar-refractivity contribution in [3.05, 3.63) is 45.9 Å². The Morgan fingerprint density at radius 3 is 2.55 bits per heavy atom. The maximum absolute atomic E-state index is 5.97. The maximum Gasteiger partial charge on any atom is 0.205 e. The van der Waals surface area contributed by atoms with Crippen LogP contribution in [0.15, 0.2) is 40.3 Å². The van der Waals surface area contributed by atoms with Crippen molar-refractivity contribution in [3.63, 3.8) is 0 Å². The molecule has 114 valence electrons. The minimum absolute atomic E-state index is 0.443. The highest BCUT2D eigenvalue weighted by Gasteiger charge is 2.19. The third-order valence-electron chi connectivity index (χ3n) is 3.18. The highest BCUT2D eigenvalue weighted by molar-refractivity contribution is 9.11. The van der Waals surface area contributed by atoms with E-state index >= 15 is 0 Å². The summed E-state index contributed by atoms with van der Waals surface area (Å²) in [6.45, 7) is 0.443. The van der Waals surface area contributed by atoms with Crippen LogP contribution >= 0.6 is 27.3 Å². The van der Waals surface area contributed by atoms with E-state index in [4.69, 9.17) is 14.2 Å². The molecular formula is C16H14BrNO3S. The summed E-state index contributed by atoms with van der Waals surface area (Å²) < 4.78 is 18.7. The molecule has 2 aromatic carbocycles. The van der Waals surface area contributed by atoms with Gasteiger partial charge in [-0.3, -0.25) is 0 Å². The van der Waals surface area contributed by atoms with E-state index in [-0.39, 0.29) is 0 Å². The van der Waals surface area contributed by atoms with Crippen molar-refractivity contribution in [2.45, 2.75) is 6.61 Å². The number of rotatable bonds is 5. The topological polar surface area (TPSA) is 40.6 Å². The number of thiazole rings is 1. The van der Waals surface area contributed by atoms with Gasteiger partial charge in [0.1, 0.15) is 11.3 Å². The fourth-order valence-corrected chi connectivity index (χ4v) is 3.64. The first-order valence-electron chi connectivity index (χ1n) is 6.60. The Hall–Kier alpha value is -1.79. The molecule has 0 saturated carbocycles. The second kappa shape index (κ2) is 6.54. The summed E-state index contributed by atoms with van der Waals surface area (Å²) >= 11 is 4.91. The molecule has 0 saturated heterocycles. The largest absolute Gasteiger partial charge is 0.493 e. The second-order valence-corrected chi connectivity index (χ2v) is 6.81. The monoisotopic (exact) mass is 379 g/mol. The minimum Gasteiger partial charge on any atom is -0.493 e. The summed E-state index contributed by atoms with van der Waals surface area (Å²) in [7, 11) is 3.23. The van der Waals surface area contributed by atoms with Crippen LogP contribution in [0.2, 0.25) is 0 Å². The lowest BCUT2D eigenvalue weighted by Gasteiger charge is -2.14. The van der Waals surface area contributed by atoms with E-state index in [0.717, 1.165) is 19.7 Å². The Labute approximate surface area is 140 Å². The van der Waals surface area contributed by atoms with Crippen LogP contribution in [0.1, 0.15) is 5.56 Å². The summed E-state index contributed by atoms with van der Waals surface area (Å²) in [5.41, 5.74) is 1.90. The minimum atomic E-state index is 0.443. The van der Waals surface area contributed by atoms with Crippen LogP contribution in [0.4, 0.5) is 0 Å². The Kier molecular flexibility index (Phi) is 4.49. The van der Waals surface area contributed by atoms with Crippen molar-refractivity contribution >= 4 is 37.5 Å². The van der Waals surface area contributed by atoms with Gasteiger partial charge in [0.15, 0.2) is 15.4 Å². The summed E-state index contributed by atoms with van der Waals surface area (Å²) in [5, 5.41) is 0. The molecule has 0 unspecified atom stereocenters. The van der Waals surface area contributed by atoms with E-state index in [1.165, 1.54) is 11.3 Å². The fourth-order valence-electron chi connectivity index (χ4n) is 2.17. The first-order valence-corrected chi connectivity index (χ1v) is 8.21. The predicted molar refractivity (Wildman–Crippen MR) is 91.2 cm³/mol. The third kappa shape index (κ3) is 2.89. The van der Waals surface area contributed by atoms with Crippen molar-refractivity contribution in [1.82, 2.24) is 4.98 Å². The zero-order chi connectivity index (χ0) is 15.5. The molecule has 0 N–H and O–H groups in total. The number of hydrogen-bond donors (Lipinski definition) is 0. The molecule has 1 heterocycles. The van der Waals surface area contributed by atoms with Gasteiger partial charge in [-0.2, -0.15) is 0 Å². The Bertz CT molecular complexity index is 789. The van der Waals surface area contributed by atoms with Gasteiger partial charge in [-0.15, -0.1) is 11.3 Å². The van der Waals surface area contributed by atoms with Crippen molar-refractivity contribution in [2.24, 2.45) is 0 Å². The molecule has 0 radical (unpaired) electrons. The normalized spacial score (nSPS) is 10.7. The van der Waals surface area contributed by atoms with Gasteiger partial charge in [0, 0.05) is 6.07 Å². The predicted octanol–water partition coefficient (Wildman–Crippen LogP) is 4.66. The number of benzene rings is 2. The molecule has 0 atom stereocenters. The highest BCUT2D eigenvalue weighted by atomic mass is 79.9. The maximum atomic E-state index is 5.97. The number of methoxy groups -OCH3 is 2. The van der Waals surface area contributed by atoms with Crippen LogP contribution in [0.25, 0.3) is 10.2 Å². The molecule has 0 fully saturated rings. The van der Waals surface area contributed by atoms with Gasteiger partial charge < -0.3 is 14.2 Å². The number of ether oxygens (including phenoxy) is 3. The molecule has 0 aliphatic carbocycles. The van der Waals surface area contributed by atoms with E-state index in [9.17, 15) is 0 Å². The molecule has 0 amide bonds. The third-order valence-corrected chi connectivity index (χ3v) is 4.70. The van der Waals surface area contributed by atoms with Crippen molar-refractivity contribution < 1.29 is 14.2 Å². The smallest absolute Gasteiger partial charge is 0.205 e. The molecule has 4 nitrogen and oxygen atoms in total. The van der Waals surface area contributed by atoms with Gasteiger partial charge in [0.2, 0.25) is 5.75 Å². The zero-order valence-corrected chi connectivity index (χ0v) is 14.5. The lowest BCUT2D eigenvalue weighted by atomic mass is 10.2. The van der Waals surface area contributed by atoms with Crippen LogP contribution in [-0.4, -0.2) is 19.2 Å². The molecule has 0 spiro atoms. The number of hydrogen-bond acceptors (Lipinski definition) is 5. The SMILES string of the molecule is COc1cc2nc(Br)sc2c(OC)c1OCc1ccccc1. The molecule has 0 aliphatic heterocycles. The number of fused-ring (bicyclic) bond motifs is 1. The van der Waals surface area contributed by atoms with Crippen LogP contribution in [0, 0.1) is 0 Å². The summed E-state index contributed by atoms with van der Waals surface area (Å²) in [4.78, 5) is 4.41. The number of halogens is 1. The molecule has 6 heteroatoms. The molecule has 22 heavy (non-hydrogen) atoms. The Balaban J connectivity index is 2.02. The summed E-state index contributed by atoms with van der Waals surface area (Å²) in [6.07, 6.45) is 0. The van der Waals surface area contributed by atoms with Crippen LogP contribution in [0.3, 0.4) is 0 Å². The number of aromatic nitrogens is 1. The lowest BCUT2D eigenvalue weighted by molar-refractivity contribution is 0.267. The lowest BCUT2D eigenvalue weighted by Crippen LogP contribution is -2.00. The summed E-state index contributed by atoms with van der Waals surface area (Å²) in [6, 6.07) is 11.8. The average molecular weight is 380 g/mol. The van der Waals surface area contributed by atoms with E-state index in [1.807, 2.05) is 36.4 Å². The standard InChI is InChI=1S/C16H14BrNO3S/c1-19-12-8-11-15(22-16(17)18-11)14(20-2)13(12)21-9-10-6-4-3-5-7-10/h3-8H,9H2,1-2H3. The molecule has 3 rings (SSSR count). The van der Waals surface area contributed by atoms with Gasteiger partial charge in [0.05, 0.1) is 19.7 Å². The van der Waals surface area contributed by atoms with Crippen LogP contribution < -0.4 is 14.2 Å². The quantitative estimate of drug-likeness (QED) is 0.646. The van der Waals surface area contributed by atoms with Crippen molar-refractivity contribution in [3.8, 4) is 17.2 Å². The molecule has 0 aliphatic rings. The average Bonchev–Trinajstić information content (AvgIpc) is 2.92. The van der Waals surface area contributed by atoms with Crippen LogP contribution in [0.5, 0.6) is 17.2 Å². The van der Waals surface area contributed by atoms with Gasteiger partial charge in [-0.25, -0.2) is 4.98 Å². The Morgan fingerprint density at radius 1 is 1.09 bits per heavy atom. The van der Waals surface area contributed by atoms with Gasteiger partial charge in [0.25, 0.3) is 0 Å². The fraction of sp³-hybridized carbons (Fsp3) is 0.188.